The molecule has 0 radical (unpaired) electrons. The van der Waals surface area contributed by atoms with E-state index < -0.39 is 0 Å². The van der Waals surface area contributed by atoms with Crippen LogP contribution >= 0.6 is 34.8 Å². The Labute approximate surface area is 131 Å². The van der Waals surface area contributed by atoms with Crippen molar-refractivity contribution < 1.29 is 4.79 Å². The molecule has 0 unspecified atom stereocenters. The molecule has 3 nitrogen and oxygen atoms in total. The Balaban J connectivity index is 1.96. The number of halogens is 3. The van der Waals surface area contributed by atoms with Crippen molar-refractivity contribution >= 4 is 46.5 Å². The largest absolute Gasteiger partial charge is 0.334 e. The van der Waals surface area contributed by atoms with Gasteiger partial charge in [-0.05, 0) is 29.8 Å². The summed E-state index contributed by atoms with van der Waals surface area (Å²) in [5.74, 6) is 0. The molecule has 0 heterocycles. The van der Waals surface area contributed by atoms with E-state index in [4.69, 9.17) is 34.8 Å². The predicted molar refractivity (Wildman–Crippen MR) is 83.8 cm³/mol. The second-order valence-electron chi connectivity index (χ2n) is 4.02. The van der Waals surface area contributed by atoms with Crippen LogP contribution in [0.25, 0.3) is 0 Å². The Hall–Kier alpha value is -1.42. The van der Waals surface area contributed by atoms with Crippen LogP contribution in [0.5, 0.6) is 0 Å². The molecule has 0 aliphatic rings. The molecule has 0 aromatic heterocycles. The minimum atomic E-state index is -0.380. The zero-order valence-corrected chi connectivity index (χ0v) is 12.6. The summed E-state index contributed by atoms with van der Waals surface area (Å²) in [6, 6.07) is 11.8. The average Bonchev–Trinajstić information content (AvgIpc) is 2.42. The maximum absolute atomic E-state index is 11.8. The molecule has 2 aromatic carbocycles. The fourth-order valence-electron chi connectivity index (χ4n) is 1.58. The van der Waals surface area contributed by atoms with Crippen LogP contribution in [0.3, 0.4) is 0 Å². The Morgan fingerprint density at radius 2 is 1.75 bits per heavy atom. The van der Waals surface area contributed by atoms with Crippen LogP contribution in [0.1, 0.15) is 5.56 Å². The summed E-state index contributed by atoms with van der Waals surface area (Å²) in [5, 5.41) is 6.85. The molecule has 6 heteroatoms. The van der Waals surface area contributed by atoms with Gasteiger partial charge in [-0.2, -0.15) is 0 Å². The molecular formula is C14H11Cl3N2O. The van der Waals surface area contributed by atoms with E-state index in [1.54, 1.807) is 24.3 Å². The molecule has 0 spiro atoms. The van der Waals surface area contributed by atoms with Crippen molar-refractivity contribution in [2.75, 3.05) is 5.32 Å². The van der Waals surface area contributed by atoms with Crippen LogP contribution < -0.4 is 10.6 Å². The van der Waals surface area contributed by atoms with Gasteiger partial charge in [0.15, 0.2) is 0 Å². The summed E-state index contributed by atoms with van der Waals surface area (Å²) >= 11 is 17.8. The first kappa shape index (κ1) is 15.0. The van der Waals surface area contributed by atoms with Gasteiger partial charge in [0.05, 0.1) is 10.7 Å². The number of benzene rings is 2. The third kappa shape index (κ3) is 4.04. The fourth-order valence-corrected chi connectivity index (χ4v) is 2.12. The average molecular weight is 330 g/mol. The number of urea groups is 1. The Kier molecular flexibility index (Phi) is 5.12. The lowest BCUT2D eigenvalue weighted by atomic mass is 10.2. The summed E-state index contributed by atoms with van der Waals surface area (Å²) in [6.45, 7) is 0.323. The van der Waals surface area contributed by atoms with Gasteiger partial charge < -0.3 is 10.6 Å². The van der Waals surface area contributed by atoms with E-state index in [9.17, 15) is 4.79 Å². The van der Waals surface area contributed by atoms with E-state index in [2.05, 4.69) is 10.6 Å². The predicted octanol–water partition coefficient (Wildman–Crippen LogP) is 4.97. The molecule has 0 aliphatic heterocycles. The third-order valence-electron chi connectivity index (χ3n) is 2.57. The number of anilines is 1. The third-order valence-corrected chi connectivity index (χ3v) is 3.51. The standard InChI is InChI=1S/C14H11Cl3N2O/c15-10-5-6-12(17)13(7-10)19-14(20)18-8-9-3-1-2-4-11(9)16/h1-7H,8H2,(H2,18,19,20). The van der Waals surface area contributed by atoms with Crippen LogP contribution in [-0.4, -0.2) is 6.03 Å². The molecule has 0 fully saturated rings. The number of carbonyl (C=O) groups is 1. The first-order valence-corrected chi connectivity index (χ1v) is 6.93. The second-order valence-corrected chi connectivity index (χ2v) is 5.27. The monoisotopic (exact) mass is 328 g/mol. The summed E-state index contributed by atoms with van der Waals surface area (Å²) in [6.07, 6.45) is 0. The highest BCUT2D eigenvalue weighted by molar-refractivity contribution is 6.35. The molecule has 0 saturated heterocycles. The molecule has 0 aliphatic carbocycles. The summed E-state index contributed by atoms with van der Waals surface area (Å²) in [5.41, 5.74) is 1.29. The van der Waals surface area contributed by atoms with Crippen molar-refractivity contribution in [2.24, 2.45) is 0 Å². The van der Waals surface area contributed by atoms with Crippen molar-refractivity contribution in [3.63, 3.8) is 0 Å². The lowest BCUT2D eigenvalue weighted by Gasteiger charge is -2.10. The number of nitrogens with one attached hydrogen (secondary N) is 2. The van der Waals surface area contributed by atoms with Crippen molar-refractivity contribution in [2.45, 2.75) is 6.54 Å². The normalized spacial score (nSPS) is 10.2. The van der Waals surface area contributed by atoms with Crippen molar-refractivity contribution in [1.82, 2.24) is 5.32 Å². The Bertz CT molecular complexity index is 632. The lowest BCUT2D eigenvalue weighted by Crippen LogP contribution is -2.28. The van der Waals surface area contributed by atoms with Gasteiger partial charge in [0.1, 0.15) is 0 Å². The number of amides is 2. The molecule has 2 aromatic rings. The maximum Gasteiger partial charge on any atom is 0.319 e. The van der Waals surface area contributed by atoms with Gasteiger partial charge in [-0.15, -0.1) is 0 Å². The maximum atomic E-state index is 11.8. The zero-order chi connectivity index (χ0) is 14.5. The SMILES string of the molecule is O=C(NCc1ccccc1Cl)Nc1cc(Cl)ccc1Cl. The highest BCUT2D eigenvalue weighted by atomic mass is 35.5. The van der Waals surface area contributed by atoms with Crippen LogP contribution in [0.15, 0.2) is 42.5 Å². The van der Waals surface area contributed by atoms with E-state index in [1.165, 1.54) is 0 Å². The van der Waals surface area contributed by atoms with Gasteiger partial charge >= 0.3 is 6.03 Å². The second kappa shape index (κ2) is 6.84. The van der Waals surface area contributed by atoms with Gasteiger partial charge in [-0.25, -0.2) is 4.79 Å². The molecular weight excluding hydrogens is 319 g/mol. The van der Waals surface area contributed by atoms with Gasteiger partial charge in [-0.1, -0.05) is 53.0 Å². The number of carbonyl (C=O) groups excluding carboxylic acids is 1. The fraction of sp³-hybridized carbons (Fsp3) is 0.0714. The van der Waals surface area contributed by atoms with Gasteiger partial charge in [0.2, 0.25) is 0 Å². The summed E-state index contributed by atoms with van der Waals surface area (Å²) in [4.78, 5) is 11.8. The van der Waals surface area contributed by atoms with E-state index in [1.807, 2.05) is 18.2 Å². The van der Waals surface area contributed by atoms with Crippen molar-refractivity contribution in [1.29, 1.82) is 0 Å². The summed E-state index contributed by atoms with van der Waals surface area (Å²) in [7, 11) is 0. The van der Waals surface area contributed by atoms with Crippen molar-refractivity contribution in [3.05, 3.63) is 63.1 Å². The van der Waals surface area contributed by atoms with E-state index >= 15 is 0 Å². The molecule has 0 saturated carbocycles. The number of hydrogen-bond donors (Lipinski definition) is 2. The highest BCUT2D eigenvalue weighted by Gasteiger charge is 2.07. The zero-order valence-electron chi connectivity index (χ0n) is 10.3. The van der Waals surface area contributed by atoms with Gasteiger partial charge in [0.25, 0.3) is 0 Å². The Morgan fingerprint density at radius 3 is 2.50 bits per heavy atom. The van der Waals surface area contributed by atoms with Crippen LogP contribution in [0.4, 0.5) is 10.5 Å². The molecule has 2 N–H and O–H groups in total. The lowest BCUT2D eigenvalue weighted by molar-refractivity contribution is 0.252. The van der Waals surface area contributed by atoms with Gasteiger partial charge in [-0.3, -0.25) is 0 Å². The number of rotatable bonds is 3. The summed E-state index contributed by atoms with van der Waals surface area (Å²) < 4.78 is 0. The van der Waals surface area contributed by atoms with E-state index in [0.29, 0.717) is 27.3 Å². The van der Waals surface area contributed by atoms with Gasteiger partial charge in [0, 0.05) is 16.6 Å². The first-order chi connectivity index (χ1) is 9.56. The topological polar surface area (TPSA) is 41.1 Å². The molecule has 2 rings (SSSR count). The molecule has 0 bridgehead atoms. The highest BCUT2D eigenvalue weighted by Crippen LogP contribution is 2.25. The number of hydrogen-bond acceptors (Lipinski definition) is 1. The molecule has 20 heavy (non-hydrogen) atoms. The Morgan fingerprint density at radius 1 is 1.00 bits per heavy atom. The molecule has 2 amide bonds. The molecule has 0 atom stereocenters. The molecule has 104 valence electrons. The smallest absolute Gasteiger partial charge is 0.319 e. The minimum Gasteiger partial charge on any atom is -0.334 e. The van der Waals surface area contributed by atoms with Crippen LogP contribution in [0.2, 0.25) is 15.1 Å². The van der Waals surface area contributed by atoms with Crippen LogP contribution in [0, 0.1) is 0 Å². The van der Waals surface area contributed by atoms with Crippen LogP contribution in [-0.2, 0) is 6.54 Å². The van der Waals surface area contributed by atoms with E-state index in [0.717, 1.165) is 5.56 Å². The van der Waals surface area contributed by atoms with Crippen molar-refractivity contribution in [3.8, 4) is 0 Å². The quantitative estimate of drug-likeness (QED) is 0.820. The first-order valence-electron chi connectivity index (χ1n) is 5.79. The van der Waals surface area contributed by atoms with E-state index in [-0.39, 0.29) is 6.03 Å². The minimum absolute atomic E-state index is 0.323.